The van der Waals surface area contributed by atoms with Gasteiger partial charge in [0.1, 0.15) is 0 Å². The first-order valence-corrected chi connectivity index (χ1v) is 9.36. The first kappa shape index (κ1) is 15.2. The number of aromatic nitrogens is 3. The Hall–Kier alpha value is -1.73. The molecule has 0 amide bonds. The largest absolute Gasteiger partial charge is 0.268 e. The normalized spacial score (nSPS) is 15.0. The molecule has 0 aliphatic rings. The molecule has 0 radical (unpaired) electrons. The van der Waals surface area contributed by atoms with Crippen molar-refractivity contribution in [2.24, 2.45) is 0 Å². The predicted molar refractivity (Wildman–Crippen MR) is 87.9 cm³/mol. The van der Waals surface area contributed by atoms with E-state index in [4.69, 9.17) is 0 Å². The van der Waals surface area contributed by atoms with Crippen molar-refractivity contribution in [3.05, 3.63) is 42.2 Å². The average Bonchev–Trinajstić information content (AvgIpc) is 3.11. The Morgan fingerprint density at radius 1 is 1.23 bits per heavy atom. The Morgan fingerprint density at radius 2 is 1.95 bits per heavy atom. The maximum atomic E-state index is 12.8. The number of nitrogens with zero attached hydrogens (tertiary/aromatic N) is 3. The minimum absolute atomic E-state index is 0.178. The van der Waals surface area contributed by atoms with E-state index in [2.05, 4.69) is 10.1 Å². The van der Waals surface area contributed by atoms with Crippen molar-refractivity contribution in [3.63, 3.8) is 0 Å². The Balaban J connectivity index is 1.97. The average molecular weight is 335 g/mol. The van der Waals surface area contributed by atoms with Crippen molar-refractivity contribution < 1.29 is 8.42 Å². The summed E-state index contributed by atoms with van der Waals surface area (Å²) < 4.78 is 28.4. The van der Waals surface area contributed by atoms with Crippen LogP contribution in [-0.2, 0) is 9.84 Å². The second-order valence-electron chi connectivity index (χ2n) is 5.44. The molecule has 0 aliphatic carbocycles. The standard InChI is InChI=1S/C15H17N3O2S2/c1-10-8-16-18(9-10)11(2)12(3)22(19,20)15-17-13-6-4-5-7-14(13)21-15/h4-9,11-12H,1-3H3/t11-,12+/m0/s1. The summed E-state index contributed by atoms with van der Waals surface area (Å²) in [6, 6.07) is 7.20. The van der Waals surface area contributed by atoms with Crippen LogP contribution in [0.3, 0.4) is 0 Å². The molecule has 0 aliphatic heterocycles. The summed E-state index contributed by atoms with van der Waals surface area (Å²) >= 11 is 1.22. The zero-order chi connectivity index (χ0) is 15.9. The van der Waals surface area contributed by atoms with E-state index in [1.807, 2.05) is 44.3 Å². The Bertz CT molecular complexity index is 879. The molecule has 0 saturated carbocycles. The Kier molecular flexibility index (Phi) is 3.78. The van der Waals surface area contributed by atoms with Crippen molar-refractivity contribution in [1.82, 2.24) is 14.8 Å². The van der Waals surface area contributed by atoms with E-state index in [1.165, 1.54) is 11.3 Å². The van der Waals surface area contributed by atoms with Gasteiger partial charge in [0.15, 0.2) is 0 Å². The number of hydrogen-bond acceptors (Lipinski definition) is 5. The summed E-state index contributed by atoms with van der Waals surface area (Å²) in [7, 11) is -3.49. The van der Waals surface area contributed by atoms with Crippen LogP contribution in [0.5, 0.6) is 0 Å². The highest BCUT2D eigenvalue weighted by Crippen LogP contribution is 2.30. The second-order valence-corrected chi connectivity index (χ2v) is 8.95. The number of thiazole rings is 1. The van der Waals surface area contributed by atoms with Gasteiger partial charge in [-0.2, -0.15) is 5.10 Å². The molecule has 0 spiro atoms. The van der Waals surface area contributed by atoms with E-state index in [-0.39, 0.29) is 10.4 Å². The number of rotatable bonds is 4. The third kappa shape index (κ3) is 2.55. The molecule has 116 valence electrons. The van der Waals surface area contributed by atoms with Crippen LogP contribution in [0.1, 0.15) is 25.5 Å². The van der Waals surface area contributed by atoms with Crippen molar-refractivity contribution in [1.29, 1.82) is 0 Å². The highest BCUT2D eigenvalue weighted by atomic mass is 32.2. The number of fused-ring (bicyclic) bond motifs is 1. The molecule has 3 rings (SSSR count). The second kappa shape index (κ2) is 5.48. The van der Waals surface area contributed by atoms with Crippen LogP contribution in [0.15, 0.2) is 41.0 Å². The number of hydrogen-bond donors (Lipinski definition) is 0. The van der Waals surface area contributed by atoms with Crippen molar-refractivity contribution in [2.45, 2.75) is 36.4 Å². The van der Waals surface area contributed by atoms with Crippen LogP contribution >= 0.6 is 11.3 Å². The van der Waals surface area contributed by atoms with E-state index < -0.39 is 15.1 Å². The van der Waals surface area contributed by atoms with Gasteiger partial charge in [-0.1, -0.05) is 12.1 Å². The molecule has 0 saturated heterocycles. The van der Waals surface area contributed by atoms with Gasteiger partial charge in [0.05, 0.1) is 27.7 Å². The molecule has 7 heteroatoms. The molecule has 22 heavy (non-hydrogen) atoms. The lowest BCUT2D eigenvalue weighted by molar-refractivity contribution is 0.464. The van der Waals surface area contributed by atoms with Crippen LogP contribution in [0.4, 0.5) is 0 Å². The maximum Gasteiger partial charge on any atom is 0.210 e. The van der Waals surface area contributed by atoms with Gasteiger partial charge in [0.2, 0.25) is 14.2 Å². The van der Waals surface area contributed by atoms with Gasteiger partial charge in [-0.3, -0.25) is 4.68 Å². The number of benzene rings is 1. The van der Waals surface area contributed by atoms with E-state index in [9.17, 15) is 8.42 Å². The molecule has 2 heterocycles. The van der Waals surface area contributed by atoms with E-state index >= 15 is 0 Å². The minimum atomic E-state index is -3.49. The van der Waals surface area contributed by atoms with Gasteiger partial charge < -0.3 is 0 Å². The van der Waals surface area contributed by atoms with E-state index in [0.29, 0.717) is 0 Å². The topological polar surface area (TPSA) is 64.8 Å². The fourth-order valence-corrected chi connectivity index (χ4v) is 5.34. The maximum absolute atomic E-state index is 12.8. The smallest absolute Gasteiger partial charge is 0.210 e. The number of aryl methyl sites for hydroxylation is 1. The van der Waals surface area contributed by atoms with Gasteiger partial charge in [-0.25, -0.2) is 13.4 Å². The first-order chi connectivity index (χ1) is 10.4. The zero-order valence-corrected chi connectivity index (χ0v) is 14.2. The molecule has 3 aromatic rings. The third-order valence-electron chi connectivity index (χ3n) is 3.83. The summed E-state index contributed by atoms with van der Waals surface area (Å²) in [6.07, 6.45) is 3.59. The Morgan fingerprint density at radius 3 is 2.59 bits per heavy atom. The fourth-order valence-electron chi connectivity index (χ4n) is 2.26. The summed E-state index contributed by atoms with van der Waals surface area (Å²) in [5, 5.41) is 3.62. The number of para-hydroxylation sites is 1. The van der Waals surface area contributed by atoms with Crippen LogP contribution in [0.2, 0.25) is 0 Å². The summed E-state index contributed by atoms with van der Waals surface area (Å²) in [6.45, 7) is 5.51. The highest BCUT2D eigenvalue weighted by molar-refractivity contribution is 7.94. The predicted octanol–water partition coefficient (Wildman–Crippen LogP) is 3.22. The van der Waals surface area contributed by atoms with Crippen molar-refractivity contribution in [2.75, 3.05) is 0 Å². The molecule has 1 aromatic carbocycles. The van der Waals surface area contributed by atoms with Gasteiger partial charge in [0, 0.05) is 6.20 Å². The molecular weight excluding hydrogens is 318 g/mol. The molecular formula is C15H17N3O2S2. The minimum Gasteiger partial charge on any atom is -0.268 e. The monoisotopic (exact) mass is 335 g/mol. The SMILES string of the molecule is Cc1cnn([C@@H](C)[C@@H](C)S(=O)(=O)c2nc3ccccc3s2)c1. The molecule has 0 N–H and O–H groups in total. The molecule has 0 unspecified atom stereocenters. The van der Waals surface area contributed by atoms with Crippen LogP contribution in [0, 0.1) is 6.92 Å². The molecule has 2 atom stereocenters. The van der Waals surface area contributed by atoms with Crippen LogP contribution < -0.4 is 0 Å². The first-order valence-electron chi connectivity index (χ1n) is 7.00. The summed E-state index contributed by atoms with van der Waals surface area (Å²) in [4.78, 5) is 4.29. The van der Waals surface area contributed by atoms with Gasteiger partial charge in [-0.15, -0.1) is 11.3 Å². The van der Waals surface area contributed by atoms with Gasteiger partial charge in [0.25, 0.3) is 0 Å². The van der Waals surface area contributed by atoms with Gasteiger partial charge >= 0.3 is 0 Å². The van der Waals surface area contributed by atoms with Crippen molar-refractivity contribution in [3.8, 4) is 0 Å². The molecule has 2 aromatic heterocycles. The van der Waals surface area contributed by atoms with E-state index in [1.54, 1.807) is 17.8 Å². The lowest BCUT2D eigenvalue weighted by atomic mass is 10.2. The zero-order valence-electron chi connectivity index (χ0n) is 12.6. The Labute approximate surface area is 133 Å². The molecule has 0 fully saturated rings. The van der Waals surface area contributed by atoms with Crippen molar-refractivity contribution >= 4 is 31.4 Å². The highest BCUT2D eigenvalue weighted by Gasteiger charge is 2.32. The van der Waals surface area contributed by atoms with Crippen LogP contribution in [0.25, 0.3) is 10.2 Å². The molecule has 0 bridgehead atoms. The van der Waals surface area contributed by atoms with E-state index in [0.717, 1.165) is 15.8 Å². The number of sulfone groups is 1. The van der Waals surface area contributed by atoms with Gasteiger partial charge in [-0.05, 0) is 38.5 Å². The third-order valence-corrected chi connectivity index (χ3v) is 7.56. The fraction of sp³-hybridized carbons (Fsp3) is 0.333. The molecule has 5 nitrogen and oxygen atoms in total. The quantitative estimate of drug-likeness (QED) is 0.734. The van der Waals surface area contributed by atoms with Crippen LogP contribution in [-0.4, -0.2) is 28.4 Å². The summed E-state index contributed by atoms with van der Waals surface area (Å²) in [5.41, 5.74) is 1.73. The lowest BCUT2D eigenvalue weighted by Gasteiger charge is -2.19. The summed E-state index contributed by atoms with van der Waals surface area (Å²) in [5.74, 6) is 0. The lowest BCUT2D eigenvalue weighted by Crippen LogP contribution is -2.28.